The molecule has 0 radical (unpaired) electrons. The highest BCUT2D eigenvalue weighted by atomic mass is 35.5. The average Bonchev–Trinajstić information content (AvgIpc) is 2.77. The molecule has 1 aromatic rings. The summed E-state index contributed by atoms with van der Waals surface area (Å²) in [6.45, 7) is 7.69. The summed E-state index contributed by atoms with van der Waals surface area (Å²) in [7, 11) is 0. The second-order valence-corrected chi connectivity index (χ2v) is 7.35. The van der Waals surface area contributed by atoms with Gasteiger partial charge < -0.3 is 5.32 Å². The number of halogens is 1. The van der Waals surface area contributed by atoms with Crippen molar-refractivity contribution in [3.8, 4) is 0 Å². The number of unbranched alkanes of at least 4 members (excludes halogenated alkanes) is 5. The largest absolute Gasteiger partial charge is 0.309 e. The van der Waals surface area contributed by atoms with E-state index >= 15 is 0 Å². The highest BCUT2D eigenvalue weighted by molar-refractivity contribution is 7.16. The molecule has 0 saturated heterocycles. The van der Waals surface area contributed by atoms with E-state index in [9.17, 15) is 0 Å². The van der Waals surface area contributed by atoms with Crippen LogP contribution in [0.15, 0.2) is 6.07 Å². The number of aryl methyl sites for hydroxylation is 1. The van der Waals surface area contributed by atoms with Crippen molar-refractivity contribution in [3.05, 3.63) is 20.8 Å². The van der Waals surface area contributed by atoms with Gasteiger partial charge in [-0.15, -0.1) is 11.3 Å². The monoisotopic (exact) mass is 315 g/mol. The van der Waals surface area contributed by atoms with Gasteiger partial charge in [0.25, 0.3) is 0 Å². The molecule has 1 heterocycles. The molecule has 0 saturated carbocycles. The second-order valence-electron chi connectivity index (χ2n) is 5.67. The molecule has 0 bridgehead atoms. The molecule has 0 aliphatic heterocycles. The fourth-order valence-corrected chi connectivity index (χ4v) is 3.78. The second kappa shape index (κ2) is 10.6. The maximum atomic E-state index is 6.22. The van der Waals surface area contributed by atoms with E-state index in [4.69, 9.17) is 11.6 Å². The molecule has 3 heteroatoms. The molecular weight excluding hydrogens is 286 g/mol. The van der Waals surface area contributed by atoms with Gasteiger partial charge >= 0.3 is 0 Å². The van der Waals surface area contributed by atoms with Gasteiger partial charge in [-0.25, -0.2) is 0 Å². The molecular formula is C17H30ClNS. The number of thiophene rings is 1. The topological polar surface area (TPSA) is 12.0 Å². The van der Waals surface area contributed by atoms with Crippen LogP contribution in [0, 0.1) is 6.92 Å². The summed E-state index contributed by atoms with van der Waals surface area (Å²) in [5.41, 5.74) is 1.22. The number of nitrogens with one attached hydrogen (secondary N) is 1. The van der Waals surface area contributed by atoms with E-state index in [1.807, 2.05) is 0 Å². The minimum absolute atomic E-state index is 0.498. The van der Waals surface area contributed by atoms with Gasteiger partial charge in [-0.3, -0.25) is 0 Å². The number of hydrogen-bond acceptors (Lipinski definition) is 2. The van der Waals surface area contributed by atoms with Gasteiger partial charge in [0.15, 0.2) is 0 Å². The molecule has 0 aliphatic carbocycles. The predicted molar refractivity (Wildman–Crippen MR) is 93.1 cm³/mol. The lowest BCUT2D eigenvalue weighted by molar-refractivity contribution is 0.472. The van der Waals surface area contributed by atoms with Crippen molar-refractivity contribution in [1.29, 1.82) is 0 Å². The van der Waals surface area contributed by atoms with Crippen LogP contribution in [0.2, 0.25) is 4.34 Å². The van der Waals surface area contributed by atoms with Gasteiger partial charge in [0.2, 0.25) is 0 Å². The van der Waals surface area contributed by atoms with E-state index in [0.29, 0.717) is 6.04 Å². The van der Waals surface area contributed by atoms with Crippen LogP contribution >= 0.6 is 22.9 Å². The molecule has 1 atom stereocenters. The van der Waals surface area contributed by atoms with Gasteiger partial charge in [0.1, 0.15) is 0 Å². The third-order valence-electron chi connectivity index (χ3n) is 3.71. The van der Waals surface area contributed by atoms with Crippen molar-refractivity contribution >= 4 is 22.9 Å². The maximum Gasteiger partial charge on any atom is 0.0960 e. The zero-order valence-electron chi connectivity index (χ0n) is 13.3. The molecule has 1 nitrogen and oxygen atoms in total. The first-order valence-corrected chi connectivity index (χ1v) is 9.37. The molecule has 0 spiro atoms. The first kappa shape index (κ1) is 18.0. The van der Waals surface area contributed by atoms with E-state index in [1.165, 1.54) is 61.8 Å². The van der Waals surface area contributed by atoms with E-state index in [1.54, 1.807) is 11.3 Å². The zero-order chi connectivity index (χ0) is 14.8. The van der Waals surface area contributed by atoms with Gasteiger partial charge in [0.05, 0.1) is 4.34 Å². The third kappa shape index (κ3) is 6.60. The van der Waals surface area contributed by atoms with E-state index in [0.717, 1.165) is 10.9 Å². The van der Waals surface area contributed by atoms with Crippen LogP contribution in [0.5, 0.6) is 0 Å². The molecule has 1 aromatic heterocycles. The highest BCUT2D eigenvalue weighted by Crippen LogP contribution is 2.33. The van der Waals surface area contributed by atoms with Gasteiger partial charge in [-0.2, -0.15) is 0 Å². The molecule has 0 amide bonds. The van der Waals surface area contributed by atoms with Crippen LogP contribution < -0.4 is 5.32 Å². The smallest absolute Gasteiger partial charge is 0.0960 e. The summed E-state index contributed by atoms with van der Waals surface area (Å²) >= 11 is 7.96. The van der Waals surface area contributed by atoms with E-state index < -0.39 is 0 Å². The lowest BCUT2D eigenvalue weighted by Gasteiger charge is -2.17. The van der Waals surface area contributed by atoms with Crippen LogP contribution in [0.3, 0.4) is 0 Å². The summed E-state index contributed by atoms with van der Waals surface area (Å²) in [6, 6.07) is 2.76. The Kier molecular flexibility index (Phi) is 9.58. The van der Waals surface area contributed by atoms with Crippen molar-refractivity contribution in [2.24, 2.45) is 0 Å². The molecule has 116 valence electrons. The van der Waals surface area contributed by atoms with Crippen LogP contribution in [-0.2, 0) is 0 Å². The Balaban J connectivity index is 2.40. The first-order valence-electron chi connectivity index (χ1n) is 8.18. The quantitative estimate of drug-likeness (QED) is 0.459. The van der Waals surface area contributed by atoms with Gasteiger partial charge in [-0.05, 0) is 37.9 Å². The molecule has 1 unspecified atom stereocenters. The van der Waals surface area contributed by atoms with Crippen LogP contribution in [0.1, 0.15) is 81.7 Å². The van der Waals surface area contributed by atoms with Crippen molar-refractivity contribution < 1.29 is 0 Å². The SMILES string of the molecule is CCCCCCCCC(NCCC)c1cc(C)c(Cl)s1. The lowest BCUT2D eigenvalue weighted by Crippen LogP contribution is -2.21. The Morgan fingerprint density at radius 3 is 2.40 bits per heavy atom. The van der Waals surface area contributed by atoms with Crippen molar-refractivity contribution in [2.45, 2.75) is 78.2 Å². The Bertz CT molecular complexity index is 342. The van der Waals surface area contributed by atoms with E-state index in [-0.39, 0.29) is 0 Å². The standard InChI is InChI=1S/C17H30ClNS/c1-4-6-7-8-9-10-11-15(19-12-5-2)16-13-14(3)17(18)20-16/h13,15,19H,4-12H2,1-3H3. The fraction of sp³-hybridized carbons (Fsp3) is 0.765. The van der Waals surface area contributed by atoms with Gasteiger partial charge in [0, 0.05) is 10.9 Å². The van der Waals surface area contributed by atoms with E-state index in [2.05, 4.69) is 32.2 Å². The van der Waals surface area contributed by atoms with Crippen LogP contribution in [-0.4, -0.2) is 6.54 Å². The fourth-order valence-electron chi connectivity index (χ4n) is 2.45. The number of rotatable bonds is 11. The van der Waals surface area contributed by atoms with Crippen molar-refractivity contribution in [3.63, 3.8) is 0 Å². The van der Waals surface area contributed by atoms with Crippen molar-refractivity contribution in [2.75, 3.05) is 6.54 Å². The Morgan fingerprint density at radius 1 is 1.10 bits per heavy atom. The molecule has 0 aromatic carbocycles. The predicted octanol–water partition coefficient (Wildman–Crippen LogP) is 6.50. The lowest BCUT2D eigenvalue weighted by atomic mass is 10.0. The van der Waals surface area contributed by atoms with Crippen molar-refractivity contribution in [1.82, 2.24) is 5.32 Å². The summed E-state index contributed by atoms with van der Waals surface area (Å²) in [5.74, 6) is 0. The third-order valence-corrected chi connectivity index (χ3v) is 5.38. The van der Waals surface area contributed by atoms with Crippen LogP contribution in [0.25, 0.3) is 0 Å². The normalized spacial score (nSPS) is 12.8. The maximum absolute atomic E-state index is 6.22. The summed E-state index contributed by atoms with van der Waals surface area (Å²) in [4.78, 5) is 1.41. The highest BCUT2D eigenvalue weighted by Gasteiger charge is 2.14. The Labute approximate surface area is 134 Å². The summed E-state index contributed by atoms with van der Waals surface area (Å²) < 4.78 is 0.950. The minimum Gasteiger partial charge on any atom is -0.309 e. The average molecular weight is 316 g/mol. The summed E-state index contributed by atoms with van der Waals surface area (Å²) in [6.07, 6.45) is 10.6. The zero-order valence-corrected chi connectivity index (χ0v) is 14.9. The molecule has 0 aliphatic rings. The number of hydrogen-bond donors (Lipinski definition) is 1. The van der Waals surface area contributed by atoms with Crippen LogP contribution in [0.4, 0.5) is 0 Å². The molecule has 1 N–H and O–H groups in total. The Hall–Kier alpha value is -0.0500. The Morgan fingerprint density at radius 2 is 1.80 bits per heavy atom. The van der Waals surface area contributed by atoms with Gasteiger partial charge in [-0.1, -0.05) is 64.0 Å². The minimum atomic E-state index is 0.498. The molecule has 1 rings (SSSR count). The summed E-state index contributed by atoms with van der Waals surface area (Å²) in [5, 5.41) is 3.68. The first-order chi connectivity index (χ1) is 9.69. The molecule has 0 fully saturated rings. The molecule has 20 heavy (non-hydrogen) atoms.